The van der Waals surface area contributed by atoms with Gasteiger partial charge in [0.15, 0.2) is 11.0 Å². The topological polar surface area (TPSA) is 115 Å². The largest absolute Gasteiger partial charge is 0.384 e. The Morgan fingerprint density at radius 2 is 1.87 bits per heavy atom. The molecule has 3 rings (SSSR count). The molecule has 4 N–H and O–H groups in total. The van der Waals surface area contributed by atoms with Gasteiger partial charge in [-0.1, -0.05) is 48.0 Å². The van der Waals surface area contributed by atoms with E-state index in [1.54, 1.807) is 13.0 Å². The number of benzene rings is 1. The van der Waals surface area contributed by atoms with Crippen molar-refractivity contribution in [2.24, 2.45) is 0 Å². The third-order valence-corrected chi connectivity index (χ3v) is 5.26. The van der Waals surface area contributed by atoms with Crippen molar-refractivity contribution in [2.75, 3.05) is 17.6 Å². The third kappa shape index (κ3) is 5.82. The average molecular weight is 441 g/mol. The lowest BCUT2D eigenvalue weighted by molar-refractivity contribution is -0.121. The molecule has 0 saturated heterocycles. The van der Waals surface area contributed by atoms with E-state index in [1.807, 2.05) is 43.3 Å². The minimum absolute atomic E-state index is 0.123. The van der Waals surface area contributed by atoms with Gasteiger partial charge in [0, 0.05) is 18.8 Å². The summed E-state index contributed by atoms with van der Waals surface area (Å²) in [4.78, 5) is 33.7. The zero-order chi connectivity index (χ0) is 22.4. The van der Waals surface area contributed by atoms with Crippen LogP contribution in [0.25, 0.3) is 0 Å². The molecule has 0 fully saturated rings. The van der Waals surface area contributed by atoms with Crippen LogP contribution in [0.5, 0.6) is 0 Å². The number of aromatic nitrogens is 3. The number of hydrogen-bond acceptors (Lipinski definition) is 6. The van der Waals surface area contributed by atoms with Crippen molar-refractivity contribution >= 4 is 29.1 Å². The van der Waals surface area contributed by atoms with Gasteiger partial charge in [-0.05, 0) is 37.5 Å². The van der Waals surface area contributed by atoms with Gasteiger partial charge in [-0.3, -0.25) is 14.2 Å². The van der Waals surface area contributed by atoms with Gasteiger partial charge in [0.25, 0.3) is 5.56 Å². The second-order valence-electron chi connectivity index (χ2n) is 7.15. The number of nitrogens with one attached hydrogen (secondary N) is 2. The van der Waals surface area contributed by atoms with E-state index in [4.69, 9.17) is 17.3 Å². The standard InChI is InChI=1S/C22H25ClN6O2/c1-14-17(8-9-18(24)27-14)12-26-19(30)13-29-15(2)20(23)28-21(22(29)31)25-11-10-16-6-4-3-5-7-16/h3-9H,10-13H2,1-2H3,(H2,24,27)(H,25,28)(H,26,30). The van der Waals surface area contributed by atoms with Gasteiger partial charge in [-0.25, -0.2) is 9.97 Å². The number of rotatable bonds is 8. The van der Waals surface area contributed by atoms with Crippen LogP contribution in [0.15, 0.2) is 47.3 Å². The number of nitrogen functional groups attached to an aromatic ring is 1. The summed E-state index contributed by atoms with van der Waals surface area (Å²) in [5.74, 6) is 0.227. The molecule has 0 unspecified atom stereocenters. The molecule has 31 heavy (non-hydrogen) atoms. The van der Waals surface area contributed by atoms with Gasteiger partial charge < -0.3 is 16.4 Å². The van der Waals surface area contributed by atoms with Gasteiger partial charge in [0.05, 0.1) is 5.69 Å². The Bertz CT molecular complexity index is 1130. The van der Waals surface area contributed by atoms with Crippen molar-refractivity contribution in [3.63, 3.8) is 0 Å². The van der Waals surface area contributed by atoms with Crippen molar-refractivity contribution in [3.8, 4) is 0 Å². The van der Waals surface area contributed by atoms with E-state index in [1.165, 1.54) is 4.57 Å². The lowest BCUT2D eigenvalue weighted by Crippen LogP contribution is -2.35. The van der Waals surface area contributed by atoms with Crippen LogP contribution in [0.4, 0.5) is 11.6 Å². The van der Waals surface area contributed by atoms with E-state index in [9.17, 15) is 9.59 Å². The molecule has 1 amide bonds. The summed E-state index contributed by atoms with van der Waals surface area (Å²) in [6.07, 6.45) is 0.725. The van der Waals surface area contributed by atoms with Crippen molar-refractivity contribution < 1.29 is 4.79 Å². The van der Waals surface area contributed by atoms with Crippen LogP contribution in [0.3, 0.4) is 0 Å². The van der Waals surface area contributed by atoms with Crippen molar-refractivity contribution in [2.45, 2.75) is 33.4 Å². The Morgan fingerprint density at radius 1 is 1.13 bits per heavy atom. The number of carbonyl (C=O) groups is 1. The first-order valence-corrected chi connectivity index (χ1v) is 10.3. The Hall–Kier alpha value is -3.39. The number of nitrogens with zero attached hydrogens (tertiary/aromatic N) is 3. The molecule has 3 aromatic rings. The summed E-state index contributed by atoms with van der Waals surface area (Å²) in [5.41, 5.74) is 8.42. The lowest BCUT2D eigenvalue weighted by Gasteiger charge is -2.14. The first-order chi connectivity index (χ1) is 14.8. The molecular formula is C22H25ClN6O2. The molecule has 0 atom stereocenters. The van der Waals surface area contributed by atoms with Crippen molar-refractivity contribution in [3.05, 3.63) is 80.5 Å². The molecule has 0 aliphatic rings. The summed E-state index contributed by atoms with van der Waals surface area (Å²) in [5, 5.41) is 6.01. The van der Waals surface area contributed by atoms with Crippen LogP contribution < -0.4 is 21.9 Å². The van der Waals surface area contributed by atoms with E-state index in [2.05, 4.69) is 20.6 Å². The van der Waals surface area contributed by atoms with Crippen LogP contribution >= 0.6 is 11.6 Å². The SMILES string of the molecule is Cc1nc(N)ccc1CNC(=O)Cn1c(C)c(Cl)nc(NCCc2ccccc2)c1=O. The fourth-order valence-electron chi connectivity index (χ4n) is 3.08. The molecule has 162 valence electrons. The molecule has 0 bridgehead atoms. The van der Waals surface area contributed by atoms with E-state index in [0.717, 1.165) is 23.2 Å². The molecule has 0 saturated carbocycles. The zero-order valence-corrected chi connectivity index (χ0v) is 18.2. The highest BCUT2D eigenvalue weighted by Gasteiger charge is 2.15. The molecule has 1 aromatic carbocycles. The van der Waals surface area contributed by atoms with Crippen LogP contribution in [0, 0.1) is 13.8 Å². The van der Waals surface area contributed by atoms with Gasteiger partial charge in [0.1, 0.15) is 12.4 Å². The highest BCUT2D eigenvalue weighted by molar-refractivity contribution is 6.30. The molecule has 0 aliphatic heterocycles. The van der Waals surface area contributed by atoms with E-state index in [0.29, 0.717) is 18.1 Å². The van der Waals surface area contributed by atoms with Crippen LogP contribution in [-0.2, 0) is 24.3 Å². The van der Waals surface area contributed by atoms with Gasteiger partial charge in [-0.2, -0.15) is 0 Å². The minimum atomic E-state index is -0.393. The summed E-state index contributed by atoms with van der Waals surface area (Å²) in [6, 6.07) is 13.4. The second kappa shape index (κ2) is 10.1. The van der Waals surface area contributed by atoms with E-state index >= 15 is 0 Å². The monoisotopic (exact) mass is 440 g/mol. The number of anilines is 2. The Kier molecular flexibility index (Phi) is 7.25. The molecule has 2 aromatic heterocycles. The highest BCUT2D eigenvalue weighted by Crippen LogP contribution is 2.13. The molecule has 0 spiro atoms. The fraction of sp³-hybridized carbons (Fsp3) is 0.273. The van der Waals surface area contributed by atoms with Crippen LogP contribution in [0.1, 0.15) is 22.5 Å². The predicted octanol–water partition coefficient (Wildman–Crippen LogP) is 2.46. The van der Waals surface area contributed by atoms with Crippen LogP contribution in [-0.4, -0.2) is 27.0 Å². The van der Waals surface area contributed by atoms with Gasteiger partial charge >= 0.3 is 0 Å². The molecular weight excluding hydrogens is 416 g/mol. The number of nitrogens with two attached hydrogens (primary N) is 1. The van der Waals surface area contributed by atoms with Crippen LogP contribution in [0.2, 0.25) is 5.15 Å². The predicted molar refractivity (Wildman–Crippen MR) is 122 cm³/mol. The smallest absolute Gasteiger partial charge is 0.294 e. The number of pyridine rings is 1. The van der Waals surface area contributed by atoms with Gasteiger partial charge in [-0.15, -0.1) is 0 Å². The lowest BCUT2D eigenvalue weighted by atomic mass is 10.1. The maximum Gasteiger partial charge on any atom is 0.294 e. The first-order valence-electron chi connectivity index (χ1n) is 9.88. The van der Waals surface area contributed by atoms with Crippen molar-refractivity contribution in [1.82, 2.24) is 19.9 Å². The number of halogens is 1. The third-order valence-electron chi connectivity index (χ3n) is 4.90. The maximum absolute atomic E-state index is 12.9. The zero-order valence-electron chi connectivity index (χ0n) is 17.5. The number of amides is 1. The summed E-state index contributed by atoms with van der Waals surface area (Å²) >= 11 is 6.22. The van der Waals surface area contributed by atoms with Crippen molar-refractivity contribution in [1.29, 1.82) is 0 Å². The maximum atomic E-state index is 12.9. The summed E-state index contributed by atoms with van der Waals surface area (Å²) in [7, 11) is 0. The highest BCUT2D eigenvalue weighted by atomic mass is 35.5. The average Bonchev–Trinajstić information content (AvgIpc) is 2.75. The molecule has 9 heteroatoms. The molecule has 0 aliphatic carbocycles. The second-order valence-corrected chi connectivity index (χ2v) is 7.51. The Labute approximate surface area is 185 Å². The van der Waals surface area contributed by atoms with E-state index in [-0.39, 0.29) is 30.0 Å². The molecule has 0 radical (unpaired) electrons. The summed E-state index contributed by atoms with van der Waals surface area (Å²) < 4.78 is 1.32. The van der Waals surface area contributed by atoms with E-state index < -0.39 is 5.56 Å². The number of aryl methyl sites for hydroxylation is 1. The van der Waals surface area contributed by atoms with Gasteiger partial charge in [0.2, 0.25) is 5.91 Å². The fourth-order valence-corrected chi connectivity index (χ4v) is 3.27. The number of carbonyl (C=O) groups excluding carboxylic acids is 1. The normalized spacial score (nSPS) is 10.7. The summed E-state index contributed by atoms with van der Waals surface area (Å²) in [6.45, 7) is 4.12. The minimum Gasteiger partial charge on any atom is -0.384 e. The molecule has 8 nitrogen and oxygen atoms in total. The molecule has 2 heterocycles. The first kappa shape index (κ1) is 22.3. The quantitative estimate of drug-likeness (QED) is 0.495. The number of hydrogen-bond donors (Lipinski definition) is 3. The Morgan fingerprint density at radius 3 is 2.58 bits per heavy atom. The Balaban J connectivity index is 1.67.